The molecule has 112 valence electrons. The minimum Gasteiger partial charge on any atom is -0.388 e. The Morgan fingerprint density at radius 1 is 1.40 bits per heavy atom. The fourth-order valence-electron chi connectivity index (χ4n) is 2.86. The number of rotatable bonds is 6. The van der Waals surface area contributed by atoms with E-state index >= 15 is 0 Å². The summed E-state index contributed by atoms with van der Waals surface area (Å²) < 4.78 is 1.05. The van der Waals surface area contributed by atoms with Crippen LogP contribution in [0, 0.1) is 0 Å². The van der Waals surface area contributed by atoms with Crippen molar-refractivity contribution in [2.45, 2.75) is 31.4 Å². The first kappa shape index (κ1) is 16.0. The van der Waals surface area contributed by atoms with E-state index in [4.69, 9.17) is 0 Å². The molecule has 0 radical (unpaired) electrons. The van der Waals surface area contributed by atoms with Gasteiger partial charge in [0.25, 0.3) is 0 Å². The highest BCUT2D eigenvalue weighted by atomic mass is 79.9. The number of aliphatic hydroxyl groups excluding tert-OH is 1. The molecule has 1 heterocycles. The van der Waals surface area contributed by atoms with Crippen LogP contribution >= 0.6 is 15.9 Å². The number of aliphatic hydroxyl groups is 1. The first-order valence-corrected chi connectivity index (χ1v) is 8.18. The molecule has 2 unspecified atom stereocenters. The highest BCUT2D eigenvalue weighted by Gasteiger charge is 2.22. The third kappa shape index (κ3) is 4.55. The number of benzene rings is 1. The van der Waals surface area contributed by atoms with Gasteiger partial charge in [0.15, 0.2) is 0 Å². The lowest BCUT2D eigenvalue weighted by molar-refractivity contribution is 0.140. The number of nitrogens with zero attached hydrogens (tertiary/aromatic N) is 2. The van der Waals surface area contributed by atoms with Crippen molar-refractivity contribution in [1.29, 1.82) is 0 Å². The van der Waals surface area contributed by atoms with Crippen molar-refractivity contribution in [3.63, 3.8) is 0 Å². The maximum Gasteiger partial charge on any atom is 0.0802 e. The summed E-state index contributed by atoms with van der Waals surface area (Å²) >= 11 is 3.42. The largest absolute Gasteiger partial charge is 0.388 e. The minimum atomic E-state index is -0.369. The van der Waals surface area contributed by atoms with E-state index in [2.05, 4.69) is 39.8 Å². The topological polar surface area (TPSA) is 26.7 Å². The van der Waals surface area contributed by atoms with Gasteiger partial charge in [0, 0.05) is 23.6 Å². The number of hydrogen-bond donors (Lipinski definition) is 1. The van der Waals surface area contributed by atoms with E-state index in [9.17, 15) is 5.11 Å². The highest BCUT2D eigenvalue weighted by Crippen LogP contribution is 2.20. The van der Waals surface area contributed by atoms with Gasteiger partial charge in [0.1, 0.15) is 0 Å². The Morgan fingerprint density at radius 3 is 2.70 bits per heavy atom. The van der Waals surface area contributed by atoms with E-state index < -0.39 is 0 Å². The van der Waals surface area contributed by atoms with E-state index in [-0.39, 0.29) is 6.10 Å². The van der Waals surface area contributed by atoms with Crippen LogP contribution in [-0.4, -0.2) is 54.7 Å². The second kappa shape index (κ2) is 7.55. The number of likely N-dealkylation sites (tertiary alicyclic amines) is 1. The molecule has 2 atom stereocenters. The molecule has 1 saturated heterocycles. The van der Waals surface area contributed by atoms with E-state index in [1.54, 1.807) is 0 Å². The smallest absolute Gasteiger partial charge is 0.0802 e. The Labute approximate surface area is 130 Å². The van der Waals surface area contributed by atoms with Gasteiger partial charge in [-0.05, 0) is 57.6 Å². The van der Waals surface area contributed by atoms with Crippen molar-refractivity contribution in [3.05, 3.63) is 34.3 Å². The van der Waals surface area contributed by atoms with Crippen LogP contribution in [0.1, 0.15) is 30.9 Å². The van der Waals surface area contributed by atoms with Gasteiger partial charge < -0.3 is 14.9 Å². The second-order valence-electron chi connectivity index (χ2n) is 5.89. The molecule has 2 rings (SSSR count). The highest BCUT2D eigenvalue weighted by molar-refractivity contribution is 9.10. The predicted molar refractivity (Wildman–Crippen MR) is 86.9 cm³/mol. The molecule has 0 aromatic heterocycles. The molecular weight excluding hydrogens is 316 g/mol. The average molecular weight is 341 g/mol. The maximum atomic E-state index is 10.2. The lowest BCUT2D eigenvalue weighted by Crippen LogP contribution is -2.37. The van der Waals surface area contributed by atoms with Crippen LogP contribution in [0.4, 0.5) is 0 Å². The van der Waals surface area contributed by atoms with Crippen molar-refractivity contribution in [3.8, 4) is 0 Å². The van der Waals surface area contributed by atoms with E-state index in [1.807, 2.05) is 24.3 Å². The predicted octanol–water partition coefficient (Wildman–Crippen LogP) is 2.90. The lowest BCUT2D eigenvalue weighted by Gasteiger charge is -2.26. The van der Waals surface area contributed by atoms with Crippen LogP contribution in [0.15, 0.2) is 28.7 Å². The Kier molecular flexibility index (Phi) is 6.02. The quantitative estimate of drug-likeness (QED) is 0.862. The van der Waals surface area contributed by atoms with E-state index in [0.29, 0.717) is 6.04 Å². The first-order chi connectivity index (χ1) is 9.56. The molecule has 1 aliphatic heterocycles. The summed E-state index contributed by atoms with van der Waals surface area (Å²) in [6.07, 6.45) is 3.04. The average Bonchev–Trinajstić information content (AvgIpc) is 2.82. The lowest BCUT2D eigenvalue weighted by atomic mass is 10.1. The zero-order chi connectivity index (χ0) is 14.5. The molecule has 1 aromatic rings. The Bertz CT molecular complexity index is 409. The van der Waals surface area contributed by atoms with Gasteiger partial charge in [0.05, 0.1) is 6.10 Å². The van der Waals surface area contributed by atoms with Gasteiger partial charge in [-0.1, -0.05) is 28.1 Å². The molecular formula is C16H25BrN2O. The second-order valence-corrected chi connectivity index (χ2v) is 6.81. The molecule has 1 fully saturated rings. The van der Waals surface area contributed by atoms with E-state index in [1.165, 1.54) is 19.4 Å². The molecule has 1 aliphatic rings. The molecule has 0 spiro atoms. The molecule has 0 bridgehead atoms. The normalized spacial score (nSPS) is 21.6. The Balaban J connectivity index is 1.75. The van der Waals surface area contributed by atoms with E-state index in [0.717, 1.165) is 29.5 Å². The third-order valence-electron chi connectivity index (χ3n) is 4.23. The molecule has 4 heteroatoms. The summed E-state index contributed by atoms with van der Waals surface area (Å²) in [6, 6.07) is 8.62. The fourth-order valence-corrected chi connectivity index (χ4v) is 3.12. The SMILES string of the molecule is CN(CCC(O)c1ccc(Br)cc1)CC1CCCN1C. The summed E-state index contributed by atoms with van der Waals surface area (Å²) in [5, 5.41) is 10.2. The molecule has 1 aromatic carbocycles. The van der Waals surface area contributed by atoms with Crippen LogP contribution in [0.25, 0.3) is 0 Å². The molecule has 1 N–H and O–H groups in total. The molecule has 0 amide bonds. The van der Waals surface area contributed by atoms with Gasteiger partial charge in [-0.25, -0.2) is 0 Å². The Hall–Kier alpha value is -0.420. The van der Waals surface area contributed by atoms with Crippen LogP contribution in [0.2, 0.25) is 0 Å². The number of hydrogen-bond acceptors (Lipinski definition) is 3. The van der Waals surface area contributed by atoms with Crippen LogP contribution in [0.3, 0.4) is 0 Å². The number of halogens is 1. The Morgan fingerprint density at radius 2 is 2.10 bits per heavy atom. The van der Waals surface area contributed by atoms with Crippen molar-refractivity contribution < 1.29 is 5.11 Å². The van der Waals surface area contributed by atoms with Crippen molar-refractivity contribution in [1.82, 2.24) is 9.80 Å². The van der Waals surface area contributed by atoms with Gasteiger partial charge in [-0.2, -0.15) is 0 Å². The summed E-state index contributed by atoms with van der Waals surface area (Å²) in [5.41, 5.74) is 1.000. The van der Waals surface area contributed by atoms with Crippen molar-refractivity contribution in [2.75, 3.05) is 33.7 Å². The van der Waals surface area contributed by atoms with Gasteiger partial charge in [-0.15, -0.1) is 0 Å². The van der Waals surface area contributed by atoms with Gasteiger partial charge >= 0.3 is 0 Å². The number of likely N-dealkylation sites (N-methyl/N-ethyl adjacent to an activating group) is 2. The standard InChI is InChI=1S/C16H25BrN2O/c1-18(12-15-4-3-10-19(15)2)11-9-16(20)13-5-7-14(17)8-6-13/h5-8,15-16,20H,3-4,9-12H2,1-2H3. The summed E-state index contributed by atoms with van der Waals surface area (Å²) in [5.74, 6) is 0. The van der Waals surface area contributed by atoms with Crippen molar-refractivity contribution >= 4 is 15.9 Å². The third-order valence-corrected chi connectivity index (χ3v) is 4.76. The zero-order valence-electron chi connectivity index (χ0n) is 12.4. The minimum absolute atomic E-state index is 0.369. The maximum absolute atomic E-state index is 10.2. The first-order valence-electron chi connectivity index (χ1n) is 7.38. The summed E-state index contributed by atoms with van der Waals surface area (Å²) in [6.45, 7) is 3.26. The zero-order valence-corrected chi connectivity index (χ0v) is 14.0. The van der Waals surface area contributed by atoms with Crippen LogP contribution in [-0.2, 0) is 0 Å². The molecule has 3 nitrogen and oxygen atoms in total. The van der Waals surface area contributed by atoms with Gasteiger partial charge in [-0.3, -0.25) is 0 Å². The molecule has 0 aliphatic carbocycles. The fraction of sp³-hybridized carbons (Fsp3) is 0.625. The van der Waals surface area contributed by atoms with Crippen LogP contribution < -0.4 is 0 Å². The molecule has 0 saturated carbocycles. The monoisotopic (exact) mass is 340 g/mol. The van der Waals surface area contributed by atoms with Gasteiger partial charge in [0.2, 0.25) is 0 Å². The molecule has 20 heavy (non-hydrogen) atoms. The van der Waals surface area contributed by atoms with Crippen molar-refractivity contribution in [2.24, 2.45) is 0 Å². The van der Waals surface area contributed by atoms with Crippen LogP contribution in [0.5, 0.6) is 0 Å². The summed E-state index contributed by atoms with van der Waals surface area (Å²) in [7, 11) is 4.36. The summed E-state index contributed by atoms with van der Waals surface area (Å²) in [4.78, 5) is 4.79.